The summed E-state index contributed by atoms with van der Waals surface area (Å²) in [5.41, 5.74) is 5.72. The fraction of sp³-hybridized carbons (Fsp3) is 0.200. The fourth-order valence-corrected chi connectivity index (χ4v) is 2.90. The average molecular weight is 364 g/mol. The molecule has 3 rings (SSSR count). The maximum atomic E-state index is 12.4. The number of hydrogen-bond donors (Lipinski definition) is 2. The van der Waals surface area contributed by atoms with Crippen LogP contribution < -0.4 is 5.43 Å². The molecule has 0 radical (unpaired) electrons. The Kier molecular flexibility index (Phi) is 5.03. The molecule has 2 aromatic carbocycles. The maximum absolute atomic E-state index is 12.4. The monoisotopic (exact) mass is 364 g/mol. The number of para-hydroxylation sites is 1. The van der Waals surface area contributed by atoms with Gasteiger partial charge in [0.1, 0.15) is 11.2 Å². The first kappa shape index (κ1) is 18.3. The van der Waals surface area contributed by atoms with Crippen LogP contribution in [-0.4, -0.2) is 22.0 Å². The molecule has 3 aromatic rings. The van der Waals surface area contributed by atoms with Gasteiger partial charge < -0.3 is 4.98 Å². The third-order valence-electron chi connectivity index (χ3n) is 4.48. The Morgan fingerprint density at radius 3 is 2.56 bits per heavy atom. The van der Waals surface area contributed by atoms with E-state index in [1.165, 1.54) is 11.6 Å². The zero-order chi connectivity index (χ0) is 19.6. The molecule has 0 bridgehead atoms. The topological polar surface area (TPSA) is 100 Å². The van der Waals surface area contributed by atoms with Crippen LogP contribution in [0, 0.1) is 17.0 Å². The molecule has 138 valence electrons. The fourth-order valence-electron chi connectivity index (χ4n) is 2.90. The predicted molar refractivity (Wildman–Crippen MR) is 105 cm³/mol. The van der Waals surface area contributed by atoms with Crippen LogP contribution in [0.1, 0.15) is 46.9 Å². The van der Waals surface area contributed by atoms with E-state index in [1.807, 2.05) is 24.3 Å². The molecule has 0 atom stereocenters. The van der Waals surface area contributed by atoms with Gasteiger partial charge in [-0.05, 0) is 29.5 Å². The molecule has 0 aliphatic carbocycles. The molecule has 0 spiro atoms. The number of benzene rings is 2. The van der Waals surface area contributed by atoms with Gasteiger partial charge in [0.25, 0.3) is 11.6 Å². The van der Waals surface area contributed by atoms with Crippen LogP contribution in [0.4, 0.5) is 5.69 Å². The first-order valence-electron chi connectivity index (χ1n) is 8.57. The SMILES string of the molecule is Cc1c(C(=O)N/N=C/c2ccc(C(C)C)cc2)[nH]c2c([N+](=O)[O-])cccc12. The average Bonchev–Trinajstić information content (AvgIpc) is 2.99. The Labute approximate surface area is 156 Å². The minimum Gasteiger partial charge on any atom is -0.345 e. The number of aromatic nitrogens is 1. The molecule has 0 saturated heterocycles. The molecule has 2 N–H and O–H groups in total. The van der Waals surface area contributed by atoms with Crippen molar-refractivity contribution >= 4 is 28.7 Å². The second kappa shape index (κ2) is 7.41. The minimum atomic E-state index is -0.473. The number of carbonyl (C=O) groups is 1. The van der Waals surface area contributed by atoms with Crippen molar-refractivity contribution in [1.29, 1.82) is 0 Å². The molecule has 0 unspecified atom stereocenters. The summed E-state index contributed by atoms with van der Waals surface area (Å²) in [6.07, 6.45) is 1.56. The summed E-state index contributed by atoms with van der Waals surface area (Å²) in [6, 6.07) is 12.7. The van der Waals surface area contributed by atoms with Gasteiger partial charge in [-0.2, -0.15) is 5.10 Å². The predicted octanol–water partition coefficient (Wildman–Crippen LogP) is 4.27. The number of carbonyl (C=O) groups excluding carboxylic acids is 1. The van der Waals surface area contributed by atoms with Gasteiger partial charge in [0.15, 0.2) is 0 Å². The second-order valence-electron chi connectivity index (χ2n) is 6.60. The van der Waals surface area contributed by atoms with E-state index in [-0.39, 0.29) is 11.4 Å². The molecule has 0 fully saturated rings. The second-order valence-corrected chi connectivity index (χ2v) is 6.60. The van der Waals surface area contributed by atoms with Gasteiger partial charge in [-0.3, -0.25) is 14.9 Å². The van der Waals surface area contributed by atoms with Crippen LogP contribution in [0.5, 0.6) is 0 Å². The van der Waals surface area contributed by atoms with Crippen LogP contribution in [0.15, 0.2) is 47.6 Å². The molecule has 0 saturated carbocycles. The maximum Gasteiger partial charge on any atom is 0.293 e. The van der Waals surface area contributed by atoms with Crippen molar-refractivity contribution < 1.29 is 9.72 Å². The van der Waals surface area contributed by atoms with Crippen molar-refractivity contribution in [3.05, 3.63) is 75.0 Å². The smallest absolute Gasteiger partial charge is 0.293 e. The molecule has 0 aliphatic heterocycles. The van der Waals surface area contributed by atoms with Gasteiger partial charge in [0.05, 0.1) is 11.1 Å². The van der Waals surface area contributed by atoms with E-state index >= 15 is 0 Å². The summed E-state index contributed by atoms with van der Waals surface area (Å²) in [4.78, 5) is 26.0. The van der Waals surface area contributed by atoms with Crippen molar-refractivity contribution in [2.75, 3.05) is 0 Å². The van der Waals surface area contributed by atoms with Crippen LogP contribution in [0.3, 0.4) is 0 Å². The highest BCUT2D eigenvalue weighted by Crippen LogP contribution is 2.29. The Hall–Kier alpha value is -3.48. The Morgan fingerprint density at radius 1 is 1.22 bits per heavy atom. The summed E-state index contributed by atoms with van der Waals surface area (Å²) in [5.74, 6) is -0.00205. The van der Waals surface area contributed by atoms with Crippen LogP contribution in [0.2, 0.25) is 0 Å². The van der Waals surface area contributed by atoms with Crippen molar-refractivity contribution in [3.63, 3.8) is 0 Å². The molecule has 1 amide bonds. The molecule has 27 heavy (non-hydrogen) atoms. The molecule has 1 heterocycles. The Morgan fingerprint density at radius 2 is 1.93 bits per heavy atom. The van der Waals surface area contributed by atoms with Gasteiger partial charge in [-0.25, -0.2) is 5.43 Å². The lowest BCUT2D eigenvalue weighted by molar-refractivity contribution is -0.383. The summed E-state index contributed by atoms with van der Waals surface area (Å²) in [6.45, 7) is 5.98. The number of H-pyrrole nitrogens is 1. The van der Waals surface area contributed by atoms with Crippen LogP contribution in [-0.2, 0) is 0 Å². The minimum absolute atomic E-state index is 0.0663. The zero-order valence-corrected chi connectivity index (χ0v) is 15.3. The molecule has 0 aliphatic rings. The number of fused-ring (bicyclic) bond motifs is 1. The standard InChI is InChI=1S/C20H20N4O3/c1-12(2)15-9-7-14(8-10-15)11-21-23-20(25)18-13(3)16-5-4-6-17(24(26)27)19(16)22-18/h4-12,22H,1-3H3,(H,23,25)/b21-11+. The normalized spacial score (nSPS) is 11.4. The summed E-state index contributed by atoms with van der Waals surface area (Å²) in [7, 11) is 0. The summed E-state index contributed by atoms with van der Waals surface area (Å²) < 4.78 is 0. The Bertz CT molecular complexity index is 1030. The number of non-ortho nitro benzene ring substituents is 1. The number of nitrogens with one attached hydrogen (secondary N) is 2. The molecule has 1 aromatic heterocycles. The van der Waals surface area contributed by atoms with E-state index in [1.54, 1.807) is 25.3 Å². The quantitative estimate of drug-likeness (QED) is 0.401. The molecule has 7 nitrogen and oxygen atoms in total. The summed E-state index contributed by atoms with van der Waals surface area (Å²) in [5, 5.41) is 15.8. The largest absolute Gasteiger partial charge is 0.345 e. The highest BCUT2D eigenvalue weighted by Gasteiger charge is 2.20. The number of nitrogens with zero attached hydrogens (tertiary/aromatic N) is 2. The third kappa shape index (κ3) is 3.72. The van der Waals surface area contributed by atoms with E-state index in [0.29, 0.717) is 22.4 Å². The highest BCUT2D eigenvalue weighted by atomic mass is 16.6. The number of rotatable bonds is 5. The van der Waals surface area contributed by atoms with Crippen LogP contribution in [0.25, 0.3) is 10.9 Å². The summed E-state index contributed by atoms with van der Waals surface area (Å²) >= 11 is 0. The van der Waals surface area contributed by atoms with E-state index < -0.39 is 10.8 Å². The number of nitro groups is 1. The van der Waals surface area contributed by atoms with Gasteiger partial charge in [-0.15, -0.1) is 0 Å². The Balaban J connectivity index is 1.79. The lowest BCUT2D eigenvalue weighted by Gasteiger charge is -2.04. The third-order valence-corrected chi connectivity index (χ3v) is 4.48. The first-order valence-corrected chi connectivity index (χ1v) is 8.57. The zero-order valence-electron chi connectivity index (χ0n) is 15.3. The van der Waals surface area contributed by atoms with E-state index in [0.717, 1.165) is 5.56 Å². The van der Waals surface area contributed by atoms with E-state index in [9.17, 15) is 14.9 Å². The number of aromatic amines is 1. The number of aryl methyl sites for hydroxylation is 1. The number of hydrazone groups is 1. The molecule has 7 heteroatoms. The van der Waals surface area contributed by atoms with E-state index in [2.05, 4.69) is 29.4 Å². The van der Waals surface area contributed by atoms with Gasteiger partial charge >= 0.3 is 0 Å². The number of hydrogen-bond acceptors (Lipinski definition) is 4. The van der Waals surface area contributed by atoms with E-state index in [4.69, 9.17) is 0 Å². The lowest BCUT2D eigenvalue weighted by atomic mass is 10.0. The van der Waals surface area contributed by atoms with Crippen molar-refractivity contribution in [3.8, 4) is 0 Å². The first-order chi connectivity index (χ1) is 12.9. The van der Waals surface area contributed by atoms with Gasteiger partial charge in [-0.1, -0.05) is 50.2 Å². The van der Waals surface area contributed by atoms with Crippen molar-refractivity contribution in [2.45, 2.75) is 26.7 Å². The van der Waals surface area contributed by atoms with Gasteiger partial charge in [0, 0.05) is 11.5 Å². The van der Waals surface area contributed by atoms with Gasteiger partial charge in [0.2, 0.25) is 0 Å². The molecular weight excluding hydrogens is 344 g/mol. The number of amides is 1. The molecular formula is C20H20N4O3. The van der Waals surface area contributed by atoms with Crippen LogP contribution >= 0.6 is 0 Å². The van der Waals surface area contributed by atoms with Crippen molar-refractivity contribution in [1.82, 2.24) is 10.4 Å². The highest BCUT2D eigenvalue weighted by molar-refractivity contribution is 6.03. The number of nitro benzene ring substituents is 1. The van der Waals surface area contributed by atoms with Crippen molar-refractivity contribution in [2.24, 2.45) is 5.10 Å². The lowest BCUT2D eigenvalue weighted by Crippen LogP contribution is -2.19.